The SMILES string of the molecule is CCCCCCCCOc1ccc(C(=N)N)cc1F. The van der Waals surface area contributed by atoms with E-state index in [2.05, 4.69) is 6.92 Å². The van der Waals surface area contributed by atoms with E-state index in [1.807, 2.05) is 0 Å². The third-order valence-corrected chi connectivity index (χ3v) is 3.00. The summed E-state index contributed by atoms with van der Waals surface area (Å²) >= 11 is 0. The number of unbranched alkanes of at least 4 members (excludes halogenated alkanes) is 5. The summed E-state index contributed by atoms with van der Waals surface area (Å²) in [6.45, 7) is 2.72. The number of halogens is 1. The molecule has 0 aliphatic heterocycles. The number of rotatable bonds is 9. The lowest BCUT2D eigenvalue weighted by Gasteiger charge is -2.08. The molecule has 0 aromatic heterocycles. The maximum Gasteiger partial charge on any atom is 0.165 e. The Kier molecular flexibility index (Phi) is 6.93. The molecule has 3 N–H and O–H groups in total. The van der Waals surface area contributed by atoms with Gasteiger partial charge in [-0.3, -0.25) is 5.41 Å². The molecule has 0 aliphatic carbocycles. The van der Waals surface area contributed by atoms with E-state index < -0.39 is 5.82 Å². The first-order valence-electron chi connectivity index (χ1n) is 6.92. The summed E-state index contributed by atoms with van der Waals surface area (Å²) in [7, 11) is 0. The second kappa shape index (κ2) is 8.51. The zero-order valence-electron chi connectivity index (χ0n) is 11.5. The largest absolute Gasteiger partial charge is 0.491 e. The van der Waals surface area contributed by atoms with Crippen molar-refractivity contribution in [2.24, 2.45) is 5.73 Å². The molecule has 19 heavy (non-hydrogen) atoms. The van der Waals surface area contributed by atoms with Gasteiger partial charge in [0, 0.05) is 5.56 Å². The third kappa shape index (κ3) is 5.73. The summed E-state index contributed by atoms with van der Waals surface area (Å²) in [4.78, 5) is 0. The molecule has 4 heteroatoms. The van der Waals surface area contributed by atoms with Crippen LogP contribution in [0.3, 0.4) is 0 Å². The number of nitrogen functional groups attached to an aromatic ring is 1. The van der Waals surface area contributed by atoms with Crippen molar-refractivity contribution in [3.8, 4) is 5.75 Å². The minimum atomic E-state index is -0.460. The summed E-state index contributed by atoms with van der Waals surface area (Å²) in [5, 5.41) is 7.22. The number of nitrogens with two attached hydrogens (primary N) is 1. The Morgan fingerprint density at radius 3 is 2.53 bits per heavy atom. The van der Waals surface area contributed by atoms with E-state index in [1.165, 1.54) is 37.8 Å². The van der Waals surface area contributed by atoms with Gasteiger partial charge in [-0.2, -0.15) is 0 Å². The first-order chi connectivity index (χ1) is 9.15. The Labute approximate surface area is 114 Å². The van der Waals surface area contributed by atoms with Crippen molar-refractivity contribution in [1.82, 2.24) is 0 Å². The van der Waals surface area contributed by atoms with E-state index in [0.717, 1.165) is 12.8 Å². The fourth-order valence-electron chi connectivity index (χ4n) is 1.85. The quantitative estimate of drug-likeness (QED) is 0.405. The van der Waals surface area contributed by atoms with Crippen LogP contribution in [0.15, 0.2) is 18.2 Å². The van der Waals surface area contributed by atoms with Gasteiger partial charge < -0.3 is 10.5 Å². The van der Waals surface area contributed by atoms with E-state index in [4.69, 9.17) is 15.9 Å². The first-order valence-corrected chi connectivity index (χ1v) is 6.92. The lowest BCUT2D eigenvalue weighted by molar-refractivity contribution is 0.290. The van der Waals surface area contributed by atoms with Crippen molar-refractivity contribution in [2.45, 2.75) is 45.4 Å². The summed E-state index contributed by atoms with van der Waals surface area (Å²) in [5.41, 5.74) is 5.67. The van der Waals surface area contributed by atoms with Crippen LogP contribution in [0.1, 0.15) is 51.0 Å². The predicted octanol–water partition coefficient (Wildman–Crippen LogP) is 3.85. The van der Waals surface area contributed by atoms with Gasteiger partial charge >= 0.3 is 0 Å². The van der Waals surface area contributed by atoms with E-state index in [-0.39, 0.29) is 11.6 Å². The van der Waals surface area contributed by atoms with Crippen LogP contribution in [0.25, 0.3) is 0 Å². The third-order valence-electron chi connectivity index (χ3n) is 3.00. The number of nitrogens with one attached hydrogen (secondary N) is 1. The summed E-state index contributed by atoms with van der Waals surface area (Å²) in [5.74, 6) is -0.362. The maximum absolute atomic E-state index is 13.6. The molecule has 0 amide bonds. The number of hydrogen-bond acceptors (Lipinski definition) is 2. The number of amidine groups is 1. The first kappa shape index (κ1) is 15.5. The van der Waals surface area contributed by atoms with Gasteiger partial charge in [-0.25, -0.2) is 4.39 Å². The monoisotopic (exact) mass is 266 g/mol. The molecule has 3 nitrogen and oxygen atoms in total. The molecule has 0 unspecified atom stereocenters. The van der Waals surface area contributed by atoms with Crippen LogP contribution < -0.4 is 10.5 Å². The fraction of sp³-hybridized carbons (Fsp3) is 0.533. The smallest absolute Gasteiger partial charge is 0.165 e. The molecule has 0 saturated heterocycles. The van der Waals surface area contributed by atoms with Gasteiger partial charge in [0.2, 0.25) is 0 Å². The standard InChI is InChI=1S/C15H23FN2O/c1-2-3-4-5-6-7-10-19-14-9-8-12(15(17)18)11-13(14)16/h8-9,11H,2-7,10H2,1H3,(H3,17,18). The van der Waals surface area contributed by atoms with Crippen LogP contribution in [0, 0.1) is 11.2 Å². The van der Waals surface area contributed by atoms with Gasteiger partial charge in [-0.1, -0.05) is 39.0 Å². The van der Waals surface area contributed by atoms with Crippen LogP contribution in [0.4, 0.5) is 4.39 Å². The Bertz CT molecular complexity index is 407. The molecule has 1 aromatic carbocycles. The summed E-state index contributed by atoms with van der Waals surface area (Å²) in [6.07, 6.45) is 7.05. The van der Waals surface area contributed by atoms with Crippen molar-refractivity contribution in [3.63, 3.8) is 0 Å². The molecule has 0 fully saturated rings. The lowest BCUT2D eigenvalue weighted by atomic mass is 10.1. The van der Waals surface area contributed by atoms with E-state index >= 15 is 0 Å². The van der Waals surface area contributed by atoms with Gasteiger partial charge in [0.1, 0.15) is 5.84 Å². The normalized spacial score (nSPS) is 10.4. The zero-order chi connectivity index (χ0) is 14.1. The molecule has 0 heterocycles. The number of benzene rings is 1. The van der Waals surface area contributed by atoms with Crippen LogP contribution in [0.5, 0.6) is 5.75 Å². The minimum Gasteiger partial charge on any atom is -0.491 e. The van der Waals surface area contributed by atoms with Gasteiger partial charge in [-0.15, -0.1) is 0 Å². The van der Waals surface area contributed by atoms with Crippen molar-refractivity contribution in [3.05, 3.63) is 29.6 Å². The number of ether oxygens (including phenoxy) is 1. The van der Waals surface area contributed by atoms with Gasteiger partial charge in [0.15, 0.2) is 11.6 Å². The van der Waals surface area contributed by atoms with Crippen LogP contribution in [-0.4, -0.2) is 12.4 Å². The average Bonchev–Trinajstić information content (AvgIpc) is 2.39. The average molecular weight is 266 g/mol. The van der Waals surface area contributed by atoms with Gasteiger partial charge in [0.25, 0.3) is 0 Å². The zero-order valence-corrected chi connectivity index (χ0v) is 11.5. The topological polar surface area (TPSA) is 59.1 Å². The molecule has 0 atom stereocenters. The van der Waals surface area contributed by atoms with E-state index in [9.17, 15) is 4.39 Å². The van der Waals surface area contributed by atoms with E-state index in [0.29, 0.717) is 12.2 Å². The fourth-order valence-corrected chi connectivity index (χ4v) is 1.85. The Balaban J connectivity index is 2.28. The maximum atomic E-state index is 13.6. The highest BCUT2D eigenvalue weighted by Gasteiger charge is 2.06. The molecular formula is C15H23FN2O. The minimum absolute atomic E-state index is 0.138. The van der Waals surface area contributed by atoms with Crippen molar-refractivity contribution in [2.75, 3.05) is 6.61 Å². The lowest BCUT2D eigenvalue weighted by Crippen LogP contribution is -2.11. The van der Waals surface area contributed by atoms with Crippen molar-refractivity contribution < 1.29 is 9.13 Å². The second-order valence-corrected chi connectivity index (χ2v) is 4.68. The van der Waals surface area contributed by atoms with Crippen LogP contribution in [0.2, 0.25) is 0 Å². The van der Waals surface area contributed by atoms with Crippen LogP contribution in [-0.2, 0) is 0 Å². The Morgan fingerprint density at radius 2 is 1.89 bits per heavy atom. The highest BCUT2D eigenvalue weighted by atomic mass is 19.1. The van der Waals surface area contributed by atoms with Crippen LogP contribution >= 0.6 is 0 Å². The molecule has 1 rings (SSSR count). The molecule has 0 bridgehead atoms. The molecule has 0 radical (unpaired) electrons. The van der Waals surface area contributed by atoms with Gasteiger partial charge in [-0.05, 0) is 24.6 Å². The highest BCUT2D eigenvalue weighted by molar-refractivity contribution is 5.95. The summed E-state index contributed by atoms with van der Waals surface area (Å²) < 4.78 is 19.0. The second-order valence-electron chi connectivity index (χ2n) is 4.68. The van der Waals surface area contributed by atoms with Crippen molar-refractivity contribution >= 4 is 5.84 Å². The summed E-state index contributed by atoms with van der Waals surface area (Å²) in [6, 6.07) is 4.37. The predicted molar refractivity (Wildman–Crippen MR) is 76.3 cm³/mol. The Morgan fingerprint density at radius 1 is 1.21 bits per heavy atom. The molecule has 0 spiro atoms. The van der Waals surface area contributed by atoms with Crippen molar-refractivity contribution in [1.29, 1.82) is 5.41 Å². The highest BCUT2D eigenvalue weighted by Crippen LogP contribution is 2.18. The molecule has 0 aliphatic rings. The van der Waals surface area contributed by atoms with E-state index in [1.54, 1.807) is 6.07 Å². The number of hydrogen-bond donors (Lipinski definition) is 2. The van der Waals surface area contributed by atoms with Gasteiger partial charge in [0.05, 0.1) is 6.61 Å². The Hall–Kier alpha value is -1.58. The molecular weight excluding hydrogens is 243 g/mol. The molecule has 0 saturated carbocycles. The molecule has 1 aromatic rings. The molecule has 106 valence electrons.